The molecule has 0 bridgehead atoms. The molecule has 0 saturated carbocycles. The van der Waals surface area contributed by atoms with Gasteiger partial charge in [-0.05, 0) is 61.7 Å². The molecular weight excluding hydrogens is 418 g/mol. The van der Waals surface area contributed by atoms with Crippen LogP contribution in [0.4, 0.5) is 10.1 Å². The maximum absolute atomic E-state index is 12.7. The number of furan rings is 1. The Bertz CT molecular complexity index is 1220. The second kappa shape index (κ2) is 8.25. The summed E-state index contributed by atoms with van der Waals surface area (Å²) in [5.41, 5.74) is 5.05. The van der Waals surface area contributed by atoms with E-state index in [1.807, 2.05) is 18.4 Å². The molecule has 0 aliphatic rings. The van der Waals surface area contributed by atoms with Crippen molar-refractivity contribution in [2.75, 3.05) is 10.6 Å². The van der Waals surface area contributed by atoms with Gasteiger partial charge < -0.3 is 9.73 Å². The number of carbonyl (C=O) groups is 2. The molecule has 3 heterocycles. The molecule has 0 aliphatic heterocycles. The Labute approximate surface area is 181 Å². The molecule has 0 spiro atoms. The first-order valence-electron chi connectivity index (χ1n) is 9.20. The van der Waals surface area contributed by atoms with Gasteiger partial charge in [0.25, 0.3) is 11.8 Å². The summed E-state index contributed by atoms with van der Waals surface area (Å²) in [6.45, 7) is 5.96. The molecule has 6 nitrogen and oxygen atoms in total. The summed E-state index contributed by atoms with van der Waals surface area (Å²) in [7, 11) is 0. The summed E-state index contributed by atoms with van der Waals surface area (Å²) < 4.78 is 5.09. The van der Waals surface area contributed by atoms with Crippen LogP contribution in [0, 0.1) is 20.8 Å². The molecule has 8 heteroatoms. The van der Waals surface area contributed by atoms with Gasteiger partial charge in [0.2, 0.25) is 0 Å². The summed E-state index contributed by atoms with van der Waals surface area (Å²) in [5, 5.41) is 8.64. The Kier molecular flexibility index (Phi) is 5.52. The Balaban J connectivity index is 1.46. The average molecular weight is 438 g/mol. The molecule has 4 rings (SSSR count). The molecule has 2 N–H and O–H groups in total. The van der Waals surface area contributed by atoms with Crippen LogP contribution in [-0.2, 0) is 0 Å². The fourth-order valence-electron chi connectivity index (χ4n) is 2.87. The van der Waals surface area contributed by atoms with E-state index in [0.717, 1.165) is 16.8 Å². The van der Waals surface area contributed by atoms with Gasteiger partial charge in [-0.2, -0.15) is 0 Å². The molecule has 2 amide bonds. The predicted octanol–water partition coefficient (Wildman–Crippen LogP) is 5.89. The van der Waals surface area contributed by atoms with Gasteiger partial charge in [0.05, 0.1) is 21.8 Å². The van der Waals surface area contributed by atoms with Crippen LogP contribution < -0.4 is 10.6 Å². The van der Waals surface area contributed by atoms with Gasteiger partial charge in [-0.1, -0.05) is 12.1 Å². The standard InChI is InChI=1S/C22H19N3O3S2/c1-12-6-7-15(9-13(12)2)16-11-29-22(23-16)25-21(27)19-14(3)10-18(30-19)24-20(26)17-5-4-8-28-17/h4-11H,1-3H3,(H,24,26)(H,23,25,27). The third kappa shape index (κ3) is 4.19. The second-order valence-electron chi connectivity index (χ2n) is 6.85. The van der Waals surface area contributed by atoms with Crippen molar-refractivity contribution in [1.82, 2.24) is 4.98 Å². The minimum atomic E-state index is -0.355. The molecule has 3 aromatic heterocycles. The van der Waals surface area contributed by atoms with Crippen LogP contribution in [0.3, 0.4) is 0 Å². The Hall–Kier alpha value is -3.23. The number of carbonyl (C=O) groups excluding carboxylic acids is 2. The number of nitrogens with zero attached hydrogens (tertiary/aromatic N) is 1. The number of aromatic nitrogens is 1. The summed E-state index contributed by atoms with van der Waals surface area (Å²) in [5.74, 6) is -0.392. The number of rotatable bonds is 5. The fraction of sp³-hybridized carbons (Fsp3) is 0.136. The number of hydrogen-bond acceptors (Lipinski definition) is 6. The van der Waals surface area contributed by atoms with Gasteiger partial charge in [-0.3, -0.25) is 14.9 Å². The number of thiazole rings is 1. The van der Waals surface area contributed by atoms with Crippen molar-refractivity contribution in [2.24, 2.45) is 0 Å². The van der Waals surface area contributed by atoms with E-state index in [4.69, 9.17) is 4.42 Å². The molecule has 0 radical (unpaired) electrons. The zero-order valence-electron chi connectivity index (χ0n) is 16.6. The van der Waals surface area contributed by atoms with Crippen molar-refractivity contribution < 1.29 is 14.0 Å². The van der Waals surface area contributed by atoms with Crippen molar-refractivity contribution in [2.45, 2.75) is 20.8 Å². The van der Waals surface area contributed by atoms with Crippen LogP contribution in [0.25, 0.3) is 11.3 Å². The third-order valence-corrected chi connectivity index (χ3v) is 6.54. The zero-order chi connectivity index (χ0) is 21.3. The van der Waals surface area contributed by atoms with Gasteiger partial charge in [0.15, 0.2) is 10.9 Å². The molecule has 4 aromatic rings. The highest BCUT2D eigenvalue weighted by atomic mass is 32.1. The lowest BCUT2D eigenvalue weighted by molar-refractivity contribution is 0.0995. The highest BCUT2D eigenvalue weighted by molar-refractivity contribution is 7.18. The van der Waals surface area contributed by atoms with E-state index >= 15 is 0 Å². The maximum Gasteiger partial charge on any atom is 0.291 e. The molecule has 0 atom stereocenters. The number of nitrogens with one attached hydrogen (secondary N) is 2. The minimum Gasteiger partial charge on any atom is -0.459 e. The van der Waals surface area contributed by atoms with Crippen LogP contribution in [-0.4, -0.2) is 16.8 Å². The Morgan fingerprint density at radius 1 is 0.967 bits per heavy atom. The van der Waals surface area contributed by atoms with Crippen LogP contribution in [0.15, 0.2) is 52.5 Å². The highest BCUT2D eigenvalue weighted by Gasteiger charge is 2.18. The molecule has 0 unspecified atom stereocenters. The minimum absolute atomic E-state index is 0.216. The molecular formula is C22H19N3O3S2. The first-order chi connectivity index (χ1) is 14.4. The number of hydrogen-bond donors (Lipinski definition) is 2. The largest absolute Gasteiger partial charge is 0.459 e. The Morgan fingerprint density at radius 2 is 1.80 bits per heavy atom. The maximum atomic E-state index is 12.7. The highest BCUT2D eigenvalue weighted by Crippen LogP contribution is 2.30. The summed E-state index contributed by atoms with van der Waals surface area (Å²) in [6, 6.07) is 11.2. The van der Waals surface area contributed by atoms with E-state index in [9.17, 15) is 9.59 Å². The monoisotopic (exact) mass is 437 g/mol. The lowest BCUT2D eigenvalue weighted by Crippen LogP contribution is -2.11. The van der Waals surface area contributed by atoms with Gasteiger partial charge in [-0.15, -0.1) is 22.7 Å². The van der Waals surface area contributed by atoms with E-state index in [1.54, 1.807) is 18.2 Å². The fourth-order valence-corrected chi connectivity index (χ4v) is 4.55. The Morgan fingerprint density at radius 3 is 2.53 bits per heavy atom. The molecule has 1 aromatic carbocycles. The van der Waals surface area contributed by atoms with E-state index in [2.05, 4.69) is 41.6 Å². The van der Waals surface area contributed by atoms with Crippen LogP contribution in [0.1, 0.15) is 36.9 Å². The first kappa shape index (κ1) is 20.1. The molecule has 30 heavy (non-hydrogen) atoms. The zero-order valence-corrected chi connectivity index (χ0v) is 18.2. The predicted molar refractivity (Wildman–Crippen MR) is 121 cm³/mol. The lowest BCUT2D eigenvalue weighted by Gasteiger charge is -2.03. The lowest BCUT2D eigenvalue weighted by atomic mass is 10.1. The van der Waals surface area contributed by atoms with E-state index < -0.39 is 0 Å². The third-order valence-electron chi connectivity index (χ3n) is 4.63. The van der Waals surface area contributed by atoms with Gasteiger partial charge in [0.1, 0.15) is 0 Å². The smallest absolute Gasteiger partial charge is 0.291 e. The topological polar surface area (TPSA) is 84.2 Å². The SMILES string of the molecule is Cc1ccc(-c2csc(NC(=O)c3sc(NC(=O)c4ccco4)cc3C)n2)cc1C. The second-order valence-corrected chi connectivity index (χ2v) is 8.76. The quantitative estimate of drug-likeness (QED) is 0.407. The van der Waals surface area contributed by atoms with Gasteiger partial charge in [-0.25, -0.2) is 4.98 Å². The van der Waals surface area contributed by atoms with E-state index in [-0.39, 0.29) is 17.6 Å². The molecule has 0 aliphatic carbocycles. The number of benzene rings is 1. The normalized spacial score (nSPS) is 10.8. The van der Waals surface area contributed by atoms with Crippen LogP contribution >= 0.6 is 22.7 Å². The molecule has 0 fully saturated rings. The van der Waals surface area contributed by atoms with Crippen LogP contribution in [0.5, 0.6) is 0 Å². The first-order valence-corrected chi connectivity index (χ1v) is 10.9. The number of anilines is 2. The van der Waals surface area contributed by atoms with Crippen LogP contribution in [0.2, 0.25) is 0 Å². The van der Waals surface area contributed by atoms with E-state index in [0.29, 0.717) is 15.0 Å². The van der Waals surface area contributed by atoms with Crippen molar-refractivity contribution in [1.29, 1.82) is 0 Å². The van der Waals surface area contributed by atoms with E-state index in [1.165, 1.54) is 40.1 Å². The average Bonchev–Trinajstić information content (AvgIpc) is 3.45. The van der Waals surface area contributed by atoms with Crippen molar-refractivity contribution >= 4 is 44.6 Å². The number of aryl methyl sites for hydroxylation is 3. The van der Waals surface area contributed by atoms with Crippen molar-refractivity contribution in [3.05, 3.63) is 75.4 Å². The van der Waals surface area contributed by atoms with Gasteiger partial charge >= 0.3 is 0 Å². The van der Waals surface area contributed by atoms with Gasteiger partial charge in [0, 0.05) is 10.9 Å². The summed E-state index contributed by atoms with van der Waals surface area (Å²) in [6.07, 6.45) is 1.44. The number of thiophene rings is 1. The van der Waals surface area contributed by atoms with Crippen molar-refractivity contribution in [3.8, 4) is 11.3 Å². The van der Waals surface area contributed by atoms with Crippen molar-refractivity contribution in [3.63, 3.8) is 0 Å². The molecule has 152 valence electrons. The number of amides is 2. The molecule has 0 saturated heterocycles. The summed E-state index contributed by atoms with van der Waals surface area (Å²) in [4.78, 5) is 29.9. The summed E-state index contributed by atoms with van der Waals surface area (Å²) >= 11 is 2.59.